The molecule has 0 aliphatic carbocycles. The van der Waals surface area contributed by atoms with Crippen LogP contribution in [0.4, 0.5) is 13.2 Å². The van der Waals surface area contributed by atoms with Crippen molar-refractivity contribution < 1.29 is 23.1 Å². The molecule has 0 aliphatic rings. The lowest BCUT2D eigenvalue weighted by Gasteiger charge is -2.03. The summed E-state index contributed by atoms with van der Waals surface area (Å²) in [4.78, 5) is 9.68. The summed E-state index contributed by atoms with van der Waals surface area (Å²) in [6.07, 6.45) is -4.40. The van der Waals surface area contributed by atoms with Gasteiger partial charge in [0.25, 0.3) is 0 Å². The van der Waals surface area contributed by atoms with Gasteiger partial charge >= 0.3 is 12.1 Å². The number of alkyl halides is 3. The van der Waals surface area contributed by atoms with E-state index in [0.29, 0.717) is 6.92 Å². The molecular formula is C5H6ClF3O2. The van der Waals surface area contributed by atoms with Crippen molar-refractivity contribution in [1.29, 1.82) is 0 Å². The van der Waals surface area contributed by atoms with E-state index < -0.39 is 17.7 Å². The first-order valence-corrected chi connectivity index (χ1v) is 2.32. The molecule has 0 radical (unpaired) electrons. The van der Waals surface area contributed by atoms with Crippen molar-refractivity contribution in [2.75, 3.05) is 0 Å². The van der Waals surface area contributed by atoms with Crippen molar-refractivity contribution in [2.45, 2.75) is 13.1 Å². The maximum Gasteiger partial charge on any atom is 0.412 e. The predicted molar refractivity (Wildman–Crippen MR) is 34.7 cm³/mol. The van der Waals surface area contributed by atoms with Crippen LogP contribution < -0.4 is 0 Å². The molecule has 0 aromatic rings. The summed E-state index contributed by atoms with van der Waals surface area (Å²) in [6, 6.07) is 0. The number of carboxylic acid groups (broad SMARTS) is 1. The van der Waals surface area contributed by atoms with E-state index in [1.54, 1.807) is 0 Å². The fourth-order valence-corrected chi connectivity index (χ4v) is 0.267. The molecule has 1 N–H and O–H groups in total. The van der Waals surface area contributed by atoms with Crippen LogP contribution in [0.25, 0.3) is 0 Å². The standard InChI is InChI=1S/C5H5F3O2.ClH/c1-3(2-4(9)10)5(6,7)8;/h2H,1H3,(H,9,10);1H. The number of carboxylic acids is 1. The summed E-state index contributed by atoms with van der Waals surface area (Å²) in [6.45, 7) is 0.702. The molecule has 6 heteroatoms. The van der Waals surface area contributed by atoms with Gasteiger partial charge in [0.15, 0.2) is 0 Å². The second kappa shape index (κ2) is 4.23. The number of rotatable bonds is 1. The first-order chi connectivity index (χ1) is 4.34. The normalized spacial score (nSPS) is 12.2. The van der Waals surface area contributed by atoms with Gasteiger partial charge in [0, 0.05) is 11.6 Å². The van der Waals surface area contributed by atoms with Crippen LogP contribution in [0.3, 0.4) is 0 Å². The zero-order valence-corrected chi connectivity index (χ0v) is 6.29. The van der Waals surface area contributed by atoms with Gasteiger partial charge in [-0.25, -0.2) is 4.79 Å². The molecule has 0 unspecified atom stereocenters. The molecule has 2 nitrogen and oxygen atoms in total. The first kappa shape index (κ1) is 12.9. The average Bonchev–Trinajstić information content (AvgIpc) is 1.60. The van der Waals surface area contributed by atoms with Gasteiger partial charge in [0.1, 0.15) is 0 Å². The van der Waals surface area contributed by atoms with Crippen molar-refractivity contribution in [3.8, 4) is 0 Å². The highest BCUT2D eigenvalue weighted by molar-refractivity contribution is 5.85. The number of aliphatic carboxylic acids is 1. The lowest BCUT2D eigenvalue weighted by Crippen LogP contribution is -2.10. The Kier molecular flexibility index (Phi) is 4.97. The van der Waals surface area contributed by atoms with E-state index in [-0.39, 0.29) is 18.5 Å². The van der Waals surface area contributed by atoms with Crippen LogP contribution >= 0.6 is 12.4 Å². The summed E-state index contributed by atoms with van der Waals surface area (Å²) >= 11 is 0. The van der Waals surface area contributed by atoms with Gasteiger partial charge < -0.3 is 5.11 Å². The van der Waals surface area contributed by atoms with Crippen molar-refractivity contribution in [1.82, 2.24) is 0 Å². The Morgan fingerprint density at radius 1 is 1.45 bits per heavy atom. The van der Waals surface area contributed by atoms with E-state index in [4.69, 9.17) is 5.11 Å². The van der Waals surface area contributed by atoms with E-state index in [2.05, 4.69) is 0 Å². The molecular weight excluding hydrogens is 184 g/mol. The van der Waals surface area contributed by atoms with Crippen LogP contribution in [-0.2, 0) is 4.79 Å². The minimum absolute atomic E-state index is 0. The van der Waals surface area contributed by atoms with Gasteiger partial charge in [-0.1, -0.05) is 0 Å². The topological polar surface area (TPSA) is 37.3 Å². The number of carbonyl (C=O) groups is 1. The van der Waals surface area contributed by atoms with Crippen LogP contribution in [-0.4, -0.2) is 17.3 Å². The zero-order chi connectivity index (χ0) is 8.36. The van der Waals surface area contributed by atoms with Gasteiger partial charge in [-0.05, 0) is 6.92 Å². The molecule has 0 rings (SSSR count). The lowest BCUT2D eigenvalue weighted by atomic mass is 10.3. The Balaban J connectivity index is 0. The van der Waals surface area contributed by atoms with Gasteiger partial charge in [-0.15, -0.1) is 12.4 Å². The number of hydrogen-bond donors (Lipinski definition) is 1. The molecule has 0 amide bonds. The van der Waals surface area contributed by atoms with E-state index in [1.807, 2.05) is 0 Å². The number of halogens is 4. The Labute approximate surface area is 67.1 Å². The SMILES string of the molecule is CC(=CC(=O)O)C(F)(F)F.Cl. The maximum absolute atomic E-state index is 11.5. The summed E-state index contributed by atoms with van der Waals surface area (Å²) in [5.41, 5.74) is -1.11. The summed E-state index contributed by atoms with van der Waals surface area (Å²) in [7, 11) is 0. The molecule has 66 valence electrons. The summed E-state index contributed by atoms with van der Waals surface area (Å²) in [5, 5.41) is 7.87. The van der Waals surface area contributed by atoms with E-state index in [0.717, 1.165) is 0 Å². The quantitative estimate of drug-likeness (QED) is 0.642. The van der Waals surface area contributed by atoms with Crippen LogP contribution in [0.2, 0.25) is 0 Å². The van der Waals surface area contributed by atoms with Gasteiger partial charge in [-0.2, -0.15) is 13.2 Å². The fraction of sp³-hybridized carbons (Fsp3) is 0.400. The minimum Gasteiger partial charge on any atom is -0.478 e. The smallest absolute Gasteiger partial charge is 0.412 e. The second-order valence-corrected chi connectivity index (χ2v) is 1.66. The molecule has 0 aromatic heterocycles. The molecule has 0 saturated heterocycles. The Morgan fingerprint density at radius 3 is 1.91 bits per heavy atom. The van der Waals surface area contributed by atoms with Gasteiger partial charge in [-0.3, -0.25) is 0 Å². The fourth-order valence-electron chi connectivity index (χ4n) is 0.267. The van der Waals surface area contributed by atoms with E-state index in [9.17, 15) is 18.0 Å². The maximum atomic E-state index is 11.5. The van der Waals surface area contributed by atoms with Crippen molar-refractivity contribution >= 4 is 18.4 Å². The van der Waals surface area contributed by atoms with Crippen molar-refractivity contribution in [3.63, 3.8) is 0 Å². The molecule has 0 spiro atoms. The lowest BCUT2D eigenvalue weighted by molar-refractivity contribution is -0.132. The summed E-state index contributed by atoms with van der Waals surface area (Å²) in [5.74, 6) is -1.59. The third-order valence-electron chi connectivity index (χ3n) is 0.787. The van der Waals surface area contributed by atoms with E-state index in [1.165, 1.54) is 0 Å². The zero-order valence-electron chi connectivity index (χ0n) is 5.47. The van der Waals surface area contributed by atoms with Gasteiger partial charge in [0.2, 0.25) is 0 Å². The molecule has 0 aliphatic heterocycles. The van der Waals surface area contributed by atoms with E-state index >= 15 is 0 Å². The summed E-state index contributed by atoms with van der Waals surface area (Å²) < 4.78 is 34.4. The third-order valence-corrected chi connectivity index (χ3v) is 0.787. The van der Waals surface area contributed by atoms with Gasteiger partial charge in [0.05, 0.1) is 0 Å². The Morgan fingerprint density at radius 2 is 1.82 bits per heavy atom. The molecule has 11 heavy (non-hydrogen) atoms. The molecule has 0 bridgehead atoms. The van der Waals surface area contributed by atoms with Crippen LogP contribution in [0.1, 0.15) is 6.92 Å². The highest BCUT2D eigenvalue weighted by atomic mass is 35.5. The largest absolute Gasteiger partial charge is 0.478 e. The Bertz CT molecular complexity index is 173. The molecule has 0 atom stereocenters. The molecule has 0 aromatic carbocycles. The number of hydrogen-bond acceptors (Lipinski definition) is 1. The first-order valence-electron chi connectivity index (χ1n) is 2.32. The van der Waals surface area contributed by atoms with Crippen LogP contribution in [0.5, 0.6) is 0 Å². The second-order valence-electron chi connectivity index (χ2n) is 1.66. The van der Waals surface area contributed by atoms with Crippen molar-refractivity contribution in [2.24, 2.45) is 0 Å². The molecule has 0 fully saturated rings. The van der Waals surface area contributed by atoms with Crippen LogP contribution in [0.15, 0.2) is 11.6 Å². The van der Waals surface area contributed by atoms with Crippen LogP contribution in [0, 0.1) is 0 Å². The minimum atomic E-state index is -4.53. The monoisotopic (exact) mass is 190 g/mol. The molecule has 0 heterocycles. The predicted octanol–water partition coefficient (Wildman–Crippen LogP) is 2.00. The molecule has 0 saturated carbocycles. The highest BCUT2D eigenvalue weighted by Gasteiger charge is 2.30. The number of allylic oxidation sites excluding steroid dienone is 1. The van der Waals surface area contributed by atoms with Crippen molar-refractivity contribution in [3.05, 3.63) is 11.6 Å². The Hall–Kier alpha value is -0.710. The average molecular weight is 191 g/mol. The third kappa shape index (κ3) is 5.72. The highest BCUT2D eigenvalue weighted by Crippen LogP contribution is 2.24.